The maximum absolute atomic E-state index is 12.7. The minimum absolute atomic E-state index is 0.171. The number of alkyl halides is 3. The fraction of sp³-hybridized carbons (Fsp3) is 0.400. The van der Waals surface area contributed by atoms with Crippen LogP contribution in [0.2, 0.25) is 0 Å². The number of halogens is 3. The van der Waals surface area contributed by atoms with Crippen LogP contribution in [0.4, 0.5) is 18.9 Å². The van der Waals surface area contributed by atoms with Crippen molar-refractivity contribution in [1.82, 2.24) is 4.98 Å². The van der Waals surface area contributed by atoms with Crippen molar-refractivity contribution in [2.75, 3.05) is 11.5 Å². The van der Waals surface area contributed by atoms with Crippen LogP contribution >= 0.6 is 11.8 Å². The largest absolute Gasteiger partial charge is 0.478 e. The van der Waals surface area contributed by atoms with Crippen LogP contribution in [0.15, 0.2) is 0 Å². The fourth-order valence-electron chi connectivity index (χ4n) is 1.88. The van der Waals surface area contributed by atoms with Gasteiger partial charge in [-0.2, -0.15) is 24.9 Å². The van der Waals surface area contributed by atoms with Gasteiger partial charge in [0.2, 0.25) is 0 Å². The average Bonchev–Trinajstić information content (AvgIpc) is 2.26. The van der Waals surface area contributed by atoms with Crippen molar-refractivity contribution in [3.8, 4) is 0 Å². The van der Waals surface area contributed by atoms with E-state index in [0.29, 0.717) is 17.7 Å². The second kappa shape index (κ2) is 4.34. The van der Waals surface area contributed by atoms with E-state index in [1.54, 1.807) is 0 Å². The lowest BCUT2D eigenvalue weighted by molar-refractivity contribution is -0.140. The standard InChI is InChI=1S/C10H9F3N2O2S/c11-10(12,13)8-7(14)6(9(16)17)4-1-2-18-3-5(4)15-8/h1-3,14H2,(H,16,17). The van der Waals surface area contributed by atoms with Crippen molar-refractivity contribution < 1.29 is 23.1 Å². The molecule has 0 aliphatic carbocycles. The maximum atomic E-state index is 12.7. The van der Waals surface area contributed by atoms with Crippen molar-refractivity contribution in [3.63, 3.8) is 0 Å². The fourth-order valence-corrected chi connectivity index (χ4v) is 2.80. The van der Waals surface area contributed by atoms with Gasteiger partial charge in [-0.25, -0.2) is 9.78 Å². The van der Waals surface area contributed by atoms with Gasteiger partial charge >= 0.3 is 12.1 Å². The lowest BCUT2D eigenvalue weighted by Crippen LogP contribution is -2.21. The number of hydrogen-bond donors (Lipinski definition) is 2. The monoisotopic (exact) mass is 278 g/mol. The van der Waals surface area contributed by atoms with Gasteiger partial charge in [0.1, 0.15) is 0 Å². The van der Waals surface area contributed by atoms with Crippen LogP contribution in [0, 0.1) is 0 Å². The summed E-state index contributed by atoms with van der Waals surface area (Å²) in [5.74, 6) is -0.512. The van der Waals surface area contributed by atoms with Crippen molar-refractivity contribution in [1.29, 1.82) is 0 Å². The molecule has 1 aliphatic rings. The van der Waals surface area contributed by atoms with Crippen LogP contribution in [-0.2, 0) is 18.3 Å². The van der Waals surface area contributed by atoms with Crippen LogP contribution in [0.1, 0.15) is 27.3 Å². The molecule has 1 aliphatic heterocycles. The normalized spacial score (nSPS) is 15.3. The Bertz CT molecular complexity index is 517. The van der Waals surface area contributed by atoms with Crippen LogP contribution < -0.4 is 5.73 Å². The van der Waals surface area contributed by atoms with Gasteiger partial charge < -0.3 is 10.8 Å². The second-order valence-corrected chi connectivity index (χ2v) is 4.89. The number of hydrogen-bond acceptors (Lipinski definition) is 4. The molecule has 0 fully saturated rings. The lowest BCUT2D eigenvalue weighted by atomic mass is 10.0. The number of anilines is 1. The molecule has 2 rings (SSSR count). The molecule has 0 unspecified atom stereocenters. The van der Waals surface area contributed by atoms with Gasteiger partial charge in [-0.05, 0) is 17.7 Å². The molecule has 0 saturated carbocycles. The number of pyridine rings is 1. The zero-order chi connectivity index (χ0) is 13.5. The predicted molar refractivity (Wildman–Crippen MR) is 60.5 cm³/mol. The number of fused-ring (bicyclic) bond motifs is 1. The molecule has 0 spiro atoms. The highest BCUT2D eigenvalue weighted by molar-refractivity contribution is 7.98. The molecule has 0 amide bonds. The number of thioether (sulfide) groups is 1. The Morgan fingerprint density at radius 2 is 2.11 bits per heavy atom. The Balaban J connectivity index is 2.73. The molecule has 4 nitrogen and oxygen atoms in total. The lowest BCUT2D eigenvalue weighted by Gasteiger charge is -2.21. The first kappa shape index (κ1) is 13.0. The van der Waals surface area contributed by atoms with Crippen molar-refractivity contribution in [2.24, 2.45) is 0 Å². The summed E-state index contributed by atoms with van der Waals surface area (Å²) in [5, 5.41) is 9.03. The number of nitrogens with two attached hydrogens (primary N) is 1. The van der Waals surface area contributed by atoms with E-state index in [0.717, 1.165) is 0 Å². The minimum Gasteiger partial charge on any atom is -0.478 e. The topological polar surface area (TPSA) is 76.2 Å². The van der Waals surface area contributed by atoms with Gasteiger partial charge in [0, 0.05) is 5.75 Å². The zero-order valence-electron chi connectivity index (χ0n) is 9.04. The molecule has 8 heteroatoms. The Morgan fingerprint density at radius 1 is 1.44 bits per heavy atom. The average molecular weight is 278 g/mol. The van der Waals surface area contributed by atoms with Gasteiger partial charge in [0.15, 0.2) is 5.69 Å². The van der Waals surface area contributed by atoms with E-state index < -0.39 is 29.1 Å². The summed E-state index contributed by atoms with van der Waals surface area (Å²) in [6.07, 6.45) is -4.37. The van der Waals surface area contributed by atoms with E-state index in [9.17, 15) is 18.0 Å². The van der Waals surface area contributed by atoms with Crippen LogP contribution in [0.5, 0.6) is 0 Å². The summed E-state index contributed by atoms with van der Waals surface area (Å²) in [5.41, 5.74) is 3.27. The third-order valence-corrected chi connectivity index (χ3v) is 3.61. The Morgan fingerprint density at radius 3 is 2.67 bits per heavy atom. The quantitative estimate of drug-likeness (QED) is 0.823. The summed E-state index contributed by atoms with van der Waals surface area (Å²) in [4.78, 5) is 14.6. The summed E-state index contributed by atoms with van der Waals surface area (Å²) in [6, 6.07) is 0. The highest BCUT2D eigenvalue weighted by atomic mass is 32.2. The highest BCUT2D eigenvalue weighted by Gasteiger charge is 2.39. The molecule has 0 aromatic carbocycles. The number of nitrogens with zero attached hydrogens (tertiary/aromatic N) is 1. The summed E-state index contributed by atoms with van der Waals surface area (Å²) in [6.45, 7) is 0. The van der Waals surface area contributed by atoms with Gasteiger partial charge in [-0.1, -0.05) is 0 Å². The molecule has 2 heterocycles. The van der Waals surface area contributed by atoms with Crippen LogP contribution in [0.25, 0.3) is 0 Å². The first-order valence-electron chi connectivity index (χ1n) is 5.02. The third-order valence-electron chi connectivity index (χ3n) is 2.64. The summed E-state index contributed by atoms with van der Waals surface area (Å²) in [7, 11) is 0. The van der Waals surface area contributed by atoms with Gasteiger partial charge in [-0.15, -0.1) is 0 Å². The first-order chi connectivity index (χ1) is 8.32. The number of carboxylic acid groups (broad SMARTS) is 1. The summed E-state index contributed by atoms with van der Waals surface area (Å²) >= 11 is 1.42. The molecule has 0 bridgehead atoms. The second-order valence-electron chi connectivity index (χ2n) is 3.78. The number of carbonyl (C=O) groups is 1. The molecule has 1 aromatic heterocycles. The van der Waals surface area contributed by atoms with E-state index in [2.05, 4.69) is 4.98 Å². The minimum atomic E-state index is -4.74. The van der Waals surface area contributed by atoms with Crippen LogP contribution in [0.3, 0.4) is 0 Å². The van der Waals surface area contributed by atoms with E-state index in [4.69, 9.17) is 10.8 Å². The van der Waals surface area contributed by atoms with E-state index in [-0.39, 0.29) is 11.4 Å². The number of nitrogen functional groups attached to an aromatic ring is 1. The first-order valence-corrected chi connectivity index (χ1v) is 6.17. The molecular weight excluding hydrogens is 269 g/mol. The number of carboxylic acids is 1. The molecule has 3 N–H and O–H groups in total. The molecule has 0 radical (unpaired) electrons. The van der Waals surface area contributed by atoms with Crippen molar-refractivity contribution >= 4 is 23.4 Å². The van der Waals surface area contributed by atoms with Gasteiger partial charge in [-0.3, -0.25) is 0 Å². The van der Waals surface area contributed by atoms with E-state index in [1.807, 2.05) is 0 Å². The predicted octanol–water partition coefficient (Wildman–Crippen LogP) is 2.17. The molecule has 1 aromatic rings. The zero-order valence-corrected chi connectivity index (χ0v) is 9.86. The van der Waals surface area contributed by atoms with Gasteiger partial charge in [0.05, 0.1) is 16.9 Å². The Labute approximate surface area is 104 Å². The highest BCUT2D eigenvalue weighted by Crippen LogP contribution is 2.38. The van der Waals surface area contributed by atoms with E-state index >= 15 is 0 Å². The number of aromatic carboxylic acids is 1. The van der Waals surface area contributed by atoms with Crippen molar-refractivity contribution in [2.45, 2.75) is 18.3 Å². The smallest absolute Gasteiger partial charge is 0.435 e. The Hall–Kier alpha value is -1.44. The van der Waals surface area contributed by atoms with Crippen molar-refractivity contribution in [3.05, 3.63) is 22.5 Å². The van der Waals surface area contributed by atoms with Gasteiger partial charge in [0.25, 0.3) is 0 Å². The molecular formula is C10H9F3N2O2S. The molecule has 98 valence electrons. The van der Waals surface area contributed by atoms with E-state index in [1.165, 1.54) is 11.8 Å². The molecule has 18 heavy (non-hydrogen) atoms. The number of rotatable bonds is 1. The Kier molecular flexibility index (Phi) is 3.14. The third kappa shape index (κ3) is 2.12. The summed E-state index contributed by atoms with van der Waals surface area (Å²) < 4.78 is 38.2. The maximum Gasteiger partial charge on any atom is 0.435 e. The van der Waals surface area contributed by atoms with Crippen LogP contribution in [-0.4, -0.2) is 21.8 Å². The molecule has 0 atom stereocenters. The SMILES string of the molecule is Nc1c(C(F)(F)F)nc2c(c1C(=O)O)CCSC2. The molecule has 0 saturated heterocycles. The number of aromatic nitrogens is 1.